The van der Waals surface area contributed by atoms with E-state index in [2.05, 4.69) is 5.32 Å². The molecule has 0 amide bonds. The van der Waals surface area contributed by atoms with Crippen molar-refractivity contribution >= 4 is 23.6 Å². The highest BCUT2D eigenvalue weighted by Crippen LogP contribution is 2.35. The van der Waals surface area contributed by atoms with Crippen molar-refractivity contribution in [2.75, 3.05) is 19.5 Å². The fourth-order valence-electron chi connectivity index (χ4n) is 2.56. The third kappa shape index (κ3) is 3.44. The maximum absolute atomic E-state index is 11.9. The Morgan fingerprint density at radius 1 is 1.04 bits per heavy atom. The molecule has 3 rings (SSSR count). The van der Waals surface area contributed by atoms with Crippen LogP contribution in [0.15, 0.2) is 59.0 Å². The number of carbonyl (C=O) groups is 2. The summed E-state index contributed by atoms with van der Waals surface area (Å²) in [5.41, 5.74) is 2.43. The van der Waals surface area contributed by atoms with Crippen molar-refractivity contribution in [2.45, 2.75) is 0 Å². The lowest BCUT2D eigenvalue weighted by Crippen LogP contribution is -2.03. The van der Waals surface area contributed by atoms with Crippen LogP contribution in [0.4, 0.5) is 11.4 Å². The summed E-state index contributed by atoms with van der Waals surface area (Å²) < 4.78 is 15.7. The van der Waals surface area contributed by atoms with Crippen LogP contribution in [0.2, 0.25) is 0 Å². The van der Waals surface area contributed by atoms with E-state index in [-0.39, 0.29) is 5.76 Å². The van der Waals surface area contributed by atoms with E-state index in [1.807, 2.05) is 24.3 Å². The molecule has 0 saturated carbocycles. The molecule has 1 heterocycles. The van der Waals surface area contributed by atoms with Gasteiger partial charge in [0.2, 0.25) is 0 Å². The van der Waals surface area contributed by atoms with Crippen molar-refractivity contribution in [3.63, 3.8) is 0 Å². The van der Waals surface area contributed by atoms with Crippen LogP contribution < -0.4 is 10.1 Å². The summed E-state index contributed by atoms with van der Waals surface area (Å²) in [5.74, 6) is 0.864. The standard InChI is InChI=1S/C20H17NO5/c1-24-19-6-4-3-5-17(19)21-16-9-7-13(20(23)25-2)11-15(16)18-10-8-14(12-22)26-18/h3-12,21H,1-2H3. The maximum Gasteiger partial charge on any atom is 0.337 e. The zero-order chi connectivity index (χ0) is 18.5. The number of ether oxygens (including phenoxy) is 2. The molecule has 0 saturated heterocycles. The molecular formula is C20H17NO5. The first-order chi connectivity index (χ1) is 12.7. The molecule has 0 unspecified atom stereocenters. The molecule has 6 heteroatoms. The van der Waals surface area contributed by atoms with Gasteiger partial charge in [-0.25, -0.2) is 4.79 Å². The molecule has 0 atom stereocenters. The number of carbonyl (C=O) groups excluding carboxylic acids is 2. The predicted octanol–water partition coefficient (Wildman–Crippen LogP) is 4.30. The van der Waals surface area contributed by atoms with Crippen LogP contribution in [0, 0.1) is 0 Å². The minimum atomic E-state index is -0.461. The summed E-state index contributed by atoms with van der Waals surface area (Å²) in [6, 6.07) is 15.7. The molecule has 0 aliphatic carbocycles. The van der Waals surface area contributed by atoms with Gasteiger partial charge in [0.1, 0.15) is 11.5 Å². The van der Waals surface area contributed by atoms with E-state index in [0.717, 1.165) is 5.69 Å². The Morgan fingerprint density at radius 3 is 2.54 bits per heavy atom. The van der Waals surface area contributed by atoms with Crippen molar-refractivity contribution in [3.05, 3.63) is 65.9 Å². The van der Waals surface area contributed by atoms with E-state index < -0.39 is 5.97 Å². The fourth-order valence-corrected chi connectivity index (χ4v) is 2.56. The van der Waals surface area contributed by atoms with Crippen LogP contribution in [0.3, 0.4) is 0 Å². The Hall–Kier alpha value is -3.54. The van der Waals surface area contributed by atoms with Gasteiger partial charge in [-0.3, -0.25) is 4.79 Å². The fraction of sp³-hybridized carbons (Fsp3) is 0.100. The maximum atomic E-state index is 11.9. The molecule has 0 bridgehead atoms. The Kier molecular flexibility index (Phi) is 5.03. The highest BCUT2D eigenvalue weighted by Gasteiger charge is 2.15. The smallest absolute Gasteiger partial charge is 0.337 e. The van der Waals surface area contributed by atoms with Gasteiger partial charge in [0, 0.05) is 11.3 Å². The van der Waals surface area contributed by atoms with Crippen LogP contribution in [0.25, 0.3) is 11.3 Å². The zero-order valence-corrected chi connectivity index (χ0v) is 14.3. The number of methoxy groups -OCH3 is 2. The molecule has 0 fully saturated rings. The Bertz CT molecular complexity index is 945. The molecule has 0 aliphatic rings. The summed E-state index contributed by atoms with van der Waals surface area (Å²) in [4.78, 5) is 22.8. The molecule has 1 N–H and O–H groups in total. The van der Waals surface area contributed by atoms with Gasteiger partial charge in [0.15, 0.2) is 12.0 Å². The van der Waals surface area contributed by atoms with Crippen molar-refractivity contribution in [1.29, 1.82) is 0 Å². The number of hydrogen-bond acceptors (Lipinski definition) is 6. The highest BCUT2D eigenvalue weighted by atomic mass is 16.5. The van der Waals surface area contributed by atoms with E-state index in [9.17, 15) is 9.59 Å². The first-order valence-corrected chi connectivity index (χ1v) is 7.84. The lowest BCUT2D eigenvalue weighted by atomic mass is 10.1. The molecule has 0 aliphatic heterocycles. The molecule has 3 aromatic rings. The van der Waals surface area contributed by atoms with Crippen molar-refractivity contribution in [2.24, 2.45) is 0 Å². The molecule has 26 heavy (non-hydrogen) atoms. The molecule has 0 radical (unpaired) electrons. The topological polar surface area (TPSA) is 77.8 Å². The van der Waals surface area contributed by atoms with E-state index in [0.29, 0.717) is 34.6 Å². The summed E-state index contributed by atoms with van der Waals surface area (Å²) in [6.45, 7) is 0. The van der Waals surface area contributed by atoms with Crippen LogP contribution >= 0.6 is 0 Å². The molecule has 6 nitrogen and oxygen atoms in total. The number of nitrogens with one attached hydrogen (secondary N) is 1. The van der Waals surface area contributed by atoms with E-state index in [1.165, 1.54) is 7.11 Å². The SMILES string of the molecule is COC(=O)c1ccc(Nc2ccccc2OC)c(-c2ccc(C=O)o2)c1. The Balaban J connectivity index is 2.08. The Labute approximate surface area is 150 Å². The van der Waals surface area contributed by atoms with Crippen molar-refractivity contribution in [1.82, 2.24) is 0 Å². The first kappa shape index (κ1) is 17.3. The number of rotatable bonds is 6. The van der Waals surface area contributed by atoms with Crippen LogP contribution in [-0.4, -0.2) is 26.5 Å². The highest BCUT2D eigenvalue weighted by molar-refractivity contribution is 5.93. The Morgan fingerprint density at radius 2 is 1.85 bits per heavy atom. The molecule has 1 aromatic heterocycles. The molecule has 132 valence electrons. The molecule has 2 aromatic carbocycles. The van der Waals surface area contributed by atoms with Gasteiger partial charge in [-0.15, -0.1) is 0 Å². The second kappa shape index (κ2) is 7.57. The number of furan rings is 1. The minimum Gasteiger partial charge on any atom is -0.495 e. The predicted molar refractivity (Wildman–Crippen MR) is 97.1 cm³/mol. The lowest BCUT2D eigenvalue weighted by molar-refractivity contribution is 0.0600. The number of para-hydroxylation sites is 2. The average Bonchev–Trinajstić information content (AvgIpc) is 3.17. The van der Waals surface area contributed by atoms with Crippen molar-refractivity contribution in [3.8, 4) is 17.1 Å². The van der Waals surface area contributed by atoms with E-state index >= 15 is 0 Å². The van der Waals surface area contributed by atoms with Crippen LogP contribution in [0.1, 0.15) is 20.9 Å². The lowest BCUT2D eigenvalue weighted by Gasteiger charge is -2.14. The van der Waals surface area contributed by atoms with Crippen molar-refractivity contribution < 1.29 is 23.5 Å². The average molecular weight is 351 g/mol. The van der Waals surface area contributed by atoms with Gasteiger partial charge in [-0.2, -0.15) is 0 Å². The van der Waals surface area contributed by atoms with E-state index in [1.54, 1.807) is 37.4 Å². The molecular weight excluding hydrogens is 334 g/mol. The second-order valence-electron chi connectivity index (χ2n) is 5.40. The first-order valence-electron chi connectivity index (χ1n) is 7.84. The zero-order valence-electron chi connectivity index (χ0n) is 14.3. The largest absolute Gasteiger partial charge is 0.495 e. The summed E-state index contributed by atoms with van der Waals surface area (Å²) in [6.07, 6.45) is 0.626. The van der Waals surface area contributed by atoms with Crippen LogP contribution in [-0.2, 0) is 4.74 Å². The number of anilines is 2. The number of aldehydes is 1. The number of benzene rings is 2. The van der Waals surface area contributed by atoms with Crippen LogP contribution in [0.5, 0.6) is 5.75 Å². The number of esters is 1. The summed E-state index contributed by atoms with van der Waals surface area (Å²) >= 11 is 0. The van der Waals surface area contributed by atoms with Gasteiger partial charge in [0.05, 0.1) is 25.5 Å². The van der Waals surface area contributed by atoms with Gasteiger partial charge in [-0.05, 0) is 42.5 Å². The summed E-state index contributed by atoms with van der Waals surface area (Å²) in [7, 11) is 2.91. The van der Waals surface area contributed by atoms with E-state index in [4.69, 9.17) is 13.9 Å². The molecule has 0 spiro atoms. The van der Waals surface area contributed by atoms with Gasteiger partial charge in [-0.1, -0.05) is 12.1 Å². The third-order valence-electron chi connectivity index (χ3n) is 3.83. The number of hydrogen-bond donors (Lipinski definition) is 1. The third-order valence-corrected chi connectivity index (χ3v) is 3.83. The normalized spacial score (nSPS) is 10.2. The van der Waals surface area contributed by atoms with Gasteiger partial charge >= 0.3 is 5.97 Å². The monoisotopic (exact) mass is 351 g/mol. The van der Waals surface area contributed by atoms with Gasteiger partial charge in [0.25, 0.3) is 0 Å². The second-order valence-corrected chi connectivity index (χ2v) is 5.40. The quantitative estimate of drug-likeness (QED) is 0.527. The van der Waals surface area contributed by atoms with Gasteiger partial charge < -0.3 is 19.2 Å². The summed E-state index contributed by atoms with van der Waals surface area (Å²) in [5, 5.41) is 3.28. The minimum absolute atomic E-state index is 0.201.